The lowest BCUT2D eigenvalue weighted by molar-refractivity contribution is -0.319. The quantitative estimate of drug-likeness (QED) is 0.252. The van der Waals surface area contributed by atoms with Gasteiger partial charge in [-0.2, -0.15) is 4.89 Å². The van der Waals surface area contributed by atoms with E-state index >= 15 is 0 Å². The van der Waals surface area contributed by atoms with E-state index in [4.69, 9.17) is 9.62 Å². The van der Waals surface area contributed by atoms with E-state index in [-0.39, 0.29) is 6.10 Å². The minimum Gasteiger partial charge on any atom is -0.381 e. The van der Waals surface area contributed by atoms with Crippen LogP contribution in [0.2, 0.25) is 0 Å². The van der Waals surface area contributed by atoms with Crippen molar-refractivity contribution in [1.82, 2.24) is 0 Å². The fraction of sp³-hybridized carbons (Fsp3) is 0.571. The molecule has 0 heterocycles. The van der Waals surface area contributed by atoms with Gasteiger partial charge in [-0.15, -0.1) is 6.58 Å². The fourth-order valence-corrected chi connectivity index (χ4v) is 0.423. The lowest BCUT2D eigenvalue weighted by atomic mass is 10.4. The third-order valence-corrected chi connectivity index (χ3v) is 0.909. The first-order valence-corrected chi connectivity index (χ1v) is 3.27. The Hall–Kier alpha value is -0.870. The van der Waals surface area contributed by atoms with Gasteiger partial charge in [0.25, 0.3) is 0 Å². The largest absolute Gasteiger partial charge is 0.381 e. The van der Waals surface area contributed by atoms with Crippen molar-refractivity contribution in [3.63, 3.8) is 0 Å². The average molecular weight is 159 g/mol. The molecule has 0 saturated carbocycles. The van der Waals surface area contributed by atoms with Crippen LogP contribution < -0.4 is 0 Å². The van der Waals surface area contributed by atoms with E-state index in [2.05, 4.69) is 16.7 Å². The van der Waals surface area contributed by atoms with Crippen molar-refractivity contribution in [3.05, 3.63) is 12.7 Å². The van der Waals surface area contributed by atoms with Gasteiger partial charge >= 0.3 is 0 Å². The van der Waals surface area contributed by atoms with Crippen LogP contribution in [0.5, 0.6) is 0 Å². The monoisotopic (exact) mass is 159 g/mol. The Morgan fingerprint density at radius 2 is 2.36 bits per heavy atom. The molecule has 1 unspecified atom stereocenters. The molecule has 0 rings (SSSR count). The molecular formula is C7H13NO3. The molecule has 0 amide bonds. The van der Waals surface area contributed by atoms with E-state index in [1.54, 1.807) is 20.1 Å². The summed E-state index contributed by atoms with van der Waals surface area (Å²) in [5, 5.41) is 3.39. The Morgan fingerprint density at radius 3 is 2.82 bits per heavy atom. The maximum absolute atomic E-state index is 4.80. The summed E-state index contributed by atoms with van der Waals surface area (Å²) in [6, 6.07) is 0. The van der Waals surface area contributed by atoms with Crippen LogP contribution >= 0.6 is 0 Å². The Labute approximate surface area is 66.4 Å². The fourth-order valence-electron chi connectivity index (χ4n) is 0.423. The van der Waals surface area contributed by atoms with E-state index in [9.17, 15) is 0 Å². The first-order valence-electron chi connectivity index (χ1n) is 3.27. The molecule has 0 N–H and O–H groups in total. The molecule has 4 nitrogen and oxygen atoms in total. The molecule has 1 atom stereocenters. The predicted octanol–water partition coefficient (Wildman–Crippen LogP) is 1.14. The number of oxime groups is 1. The number of hydrogen-bond donors (Lipinski definition) is 0. The van der Waals surface area contributed by atoms with Gasteiger partial charge in [0.1, 0.15) is 6.10 Å². The molecule has 0 bridgehead atoms. The second-order valence-electron chi connectivity index (χ2n) is 1.76. The SMILES string of the molecule is C=CC(COC)OON=CC. The third kappa shape index (κ3) is 5.57. The number of methoxy groups -OCH3 is 1. The molecule has 0 spiro atoms. The van der Waals surface area contributed by atoms with Crippen LogP contribution in [-0.4, -0.2) is 26.0 Å². The second-order valence-corrected chi connectivity index (χ2v) is 1.76. The second kappa shape index (κ2) is 7.24. The lowest BCUT2D eigenvalue weighted by Crippen LogP contribution is -2.15. The van der Waals surface area contributed by atoms with Gasteiger partial charge in [-0.3, -0.25) is 0 Å². The summed E-state index contributed by atoms with van der Waals surface area (Å²) >= 11 is 0. The zero-order valence-electron chi connectivity index (χ0n) is 6.82. The average Bonchev–Trinajstić information content (AvgIpc) is 2.03. The molecule has 0 aliphatic carbocycles. The highest BCUT2D eigenvalue weighted by Crippen LogP contribution is 1.94. The third-order valence-electron chi connectivity index (χ3n) is 0.909. The van der Waals surface area contributed by atoms with Gasteiger partial charge in [-0.05, 0) is 6.92 Å². The lowest BCUT2D eigenvalue weighted by Gasteiger charge is -2.07. The van der Waals surface area contributed by atoms with Crippen molar-refractivity contribution >= 4 is 6.21 Å². The van der Waals surface area contributed by atoms with Gasteiger partial charge in [-0.25, -0.2) is 4.99 Å². The standard InChI is InChI=1S/C7H13NO3/c1-4-7(6-9-3)10-11-8-5-2/h4-5,7H,1,6H2,2-3H3. The van der Waals surface area contributed by atoms with Crippen molar-refractivity contribution < 1.29 is 14.6 Å². The molecule has 11 heavy (non-hydrogen) atoms. The highest BCUT2D eigenvalue weighted by molar-refractivity contribution is 5.52. The Bertz CT molecular complexity index is 125. The molecule has 0 aliphatic rings. The minimum absolute atomic E-state index is 0.274. The first-order chi connectivity index (χ1) is 5.35. The van der Waals surface area contributed by atoms with Crippen molar-refractivity contribution in [2.24, 2.45) is 5.16 Å². The normalized spacial score (nSPS) is 13.3. The Balaban J connectivity index is 3.43. The van der Waals surface area contributed by atoms with Crippen LogP contribution in [0.1, 0.15) is 6.92 Å². The summed E-state index contributed by atoms with van der Waals surface area (Å²) in [5.74, 6) is 0. The summed E-state index contributed by atoms with van der Waals surface area (Å²) in [6.45, 7) is 5.65. The number of rotatable bonds is 6. The molecule has 0 fully saturated rings. The number of nitrogens with zero attached hydrogens (tertiary/aromatic N) is 1. The highest BCUT2D eigenvalue weighted by Gasteiger charge is 2.03. The molecule has 0 aromatic carbocycles. The van der Waals surface area contributed by atoms with Crippen LogP contribution in [0.4, 0.5) is 0 Å². The van der Waals surface area contributed by atoms with Gasteiger partial charge in [0.2, 0.25) is 0 Å². The molecular weight excluding hydrogens is 146 g/mol. The van der Waals surface area contributed by atoms with Crippen molar-refractivity contribution in [2.45, 2.75) is 13.0 Å². The maximum Gasteiger partial charge on any atom is 0.148 e. The highest BCUT2D eigenvalue weighted by atomic mass is 17.3. The summed E-state index contributed by atoms with van der Waals surface area (Å²) in [4.78, 5) is 9.14. The maximum atomic E-state index is 4.80. The van der Waals surface area contributed by atoms with Gasteiger partial charge in [0, 0.05) is 13.3 Å². The summed E-state index contributed by atoms with van der Waals surface area (Å²) in [6.07, 6.45) is 2.78. The molecule has 64 valence electrons. The zero-order valence-corrected chi connectivity index (χ0v) is 6.82. The van der Waals surface area contributed by atoms with E-state index in [1.807, 2.05) is 0 Å². The number of ether oxygens (including phenoxy) is 1. The van der Waals surface area contributed by atoms with E-state index < -0.39 is 0 Å². The summed E-state index contributed by atoms with van der Waals surface area (Å²) in [7, 11) is 1.57. The Morgan fingerprint density at radius 1 is 1.64 bits per heavy atom. The van der Waals surface area contributed by atoms with Crippen molar-refractivity contribution in [2.75, 3.05) is 13.7 Å². The molecule has 0 radical (unpaired) electrons. The van der Waals surface area contributed by atoms with Crippen molar-refractivity contribution in [1.29, 1.82) is 0 Å². The minimum atomic E-state index is -0.274. The van der Waals surface area contributed by atoms with Crippen LogP contribution in [0, 0.1) is 0 Å². The van der Waals surface area contributed by atoms with Gasteiger partial charge in [0.15, 0.2) is 0 Å². The number of hydrogen-bond acceptors (Lipinski definition) is 4. The predicted molar refractivity (Wildman–Crippen MR) is 42.2 cm³/mol. The topological polar surface area (TPSA) is 40.0 Å². The van der Waals surface area contributed by atoms with Crippen molar-refractivity contribution in [3.8, 4) is 0 Å². The molecule has 4 heteroatoms. The smallest absolute Gasteiger partial charge is 0.148 e. The molecule has 0 aromatic rings. The first kappa shape index (κ1) is 10.1. The molecule has 0 aliphatic heterocycles. The van der Waals surface area contributed by atoms with Crippen LogP contribution in [-0.2, 0) is 14.6 Å². The Kier molecular flexibility index (Phi) is 6.67. The van der Waals surface area contributed by atoms with Gasteiger partial charge < -0.3 is 4.74 Å². The molecule has 0 saturated heterocycles. The van der Waals surface area contributed by atoms with Gasteiger partial charge in [0.05, 0.1) is 6.61 Å². The van der Waals surface area contributed by atoms with E-state index in [0.29, 0.717) is 6.61 Å². The molecule has 0 aromatic heterocycles. The van der Waals surface area contributed by atoms with E-state index in [0.717, 1.165) is 0 Å². The van der Waals surface area contributed by atoms with Crippen LogP contribution in [0.15, 0.2) is 17.8 Å². The van der Waals surface area contributed by atoms with Crippen LogP contribution in [0.3, 0.4) is 0 Å². The van der Waals surface area contributed by atoms with E-state index in [1.165, 1.54) is 6.21 Å². The summed E-state index contributed by atoms with van der Waals surface area (Å²) in [5.41, 5.74) is 0. The summed E-state index contributed by atoms with van der Waals surface area (Å²) < 4.78 is 4.80. The van der Waals surface area contributed by atoms with Gasteiger partial charge in [-0.1, -0.05) is 11.2 Å². The zero-order chi connectivity index (χ0) is 8.53. The van der Waals surface area contributed by atoms with Crippen LogP contribution in [0.25, 0.3) is 0 Å².